The van der Waals surface area contributed by atoms with Crippen molar-refractivity contribution in [1.29, 1.82) is 0 Å². The molecule has 0 aliphatic rings. The van der Waals surface area contributed by atoms with Gasteiger partial charge in [0.2, 0.25) is 0 Å². The molecule has 53 valence electrons. The van der Waals surface area contributed by atoms with Crippen LogP contribution < -0.4 is 0 Å². The summed E-state index contributed by atoms with van der Waals surface area (Å²) < 4.78 is 10.5. The van der Waals surface area contributed by atoms with Crippen molar-refractivity contribution < 1.29 is 5.71 Å². The van der Waals surface area contributed by atoms with Crippen LogP contribution in [0.25, 0.3) is 0 Å². The zero-order chi connectivity index (χ0) is 6.95. The summed E-state index contributed by atoms with van der Waals surface area (Å²) in [5.41, 5.74) is 0. The third-order valence-corrected chi connectivity index (χ3v) is 2.90. The molecule has 0 aromatic carbocycles. The van der Waals surface area contributed by atoms with Gasteiger partial charge in [0.15, 0.2) is 0 Å². The molecule has 0 aliphatic carbocycles. The van der Waals surface area contributed by atoms with E-state index < -0.39 is 23.8 Å². The zero-order valence-corrected chi connectivity index (χ0v) is 9.52. The van der Waals surface area contributed by atoms with Crippen LogP contribution in [-0.4, -0.2) is 37.0 Å². The van der Waals surface area contributed by atoms with Crippen LogP contribution in [0, 0.1) is 0 Å². The van der Waals surface area contributed by atoms with E-state index in [1.807, 2.05) is 0 Å². The van der Waals surface area contributed by atoms with Gasteiger partial charge in [-0.2, -0.15) is 0 Å². The molecule has 2 nitrogen and oxygen atoms in total. The molecular weight excluding hydrogens is 219 g/mol. The van der Waals surface area contributed by atoms with E-state index in [4.69, 9.17) is 5.71 Å². The van der Waals surface area contributed by atoms with Gasteiger partial charge >= 0.3 is 69.4 Å². The van der Waals surface area contributed by atoms with E-state index in [1.165, 1.54) is 0 Å². The average molecular weight is 233 g/mol. The van der Waals surface area contributed by atoms with Gasteiger partial charge in [0.25, 0.3) is 0 Å². The van der Waals surface area contributed by atoms with Gasteiger partial charge in [0.05, 0.1) is 0 Å². The quantitative estimate of drug-likeness (QED) is 0.645. The van der Waals surface area contributed by atoms with E-state index in [1.54, 1.807) is 0 Å². The summed E-state index contributed by atoms with van der Waals surface area (Å²) >= 11 is -1.00. The molecule has 0 aromatic rings. The van der Waals surface area contributed by atoms with E-state index in [-0.39, 0.29) is 0 Å². The van der Waals surface area contributed by atoms with Crippen LogP contribution in [-0.2, 0) is 5.71 Å². The van der Waals surface area contributed by atoms with E-state index in [0.717, 1.165) is 26.1 Å². The molecule has 3 heteroatoms. The molecule has 0 saturated heterocycles. The summed E-state index contributed by atoms with van der Waals surface area (Å²) in [7, 11) is 0. The van der Waals surface area contributed by atoms with Crippen LogP contribution in [0.1, 0.15) is 26.7 Å². The molecule has 0 aromatic heterocycles. The van der Waals surface area contributed by atoms with Crippen molar-refractivity contribution in [3.8, 4) is 0 Å². The van der Waals surface area contributed by atoms with Gasteiger partial charge in [-0.25, -0.2) is 0 Å². The molecule has 0 fully saturated rings. The van der Waals surface area contributed by atoms with Crippen molar-refractivity contribution in [3.63, 3.8) is 0 Å². The monoisotopic (exact) mass is 233 g/mol. The van der Waals surface area contributed by atoms with Crippen LogP contribution >= 0.6 is 0 Å². The Morgan fingerprint density at radius 3 is 1.78 bits per heavy atom. The van der Waals surface area contributed by atoms with Crippen molar-refractivity contribution in [1.82, 2.24) is 0 Å². The molecule has 0 heterocycles. The SMILES string of the molecule is CCC[O][In][O]CCC. The maximum atomic E-state index is 5.25. The Balaban J connectivity index is 2.60. The first kappa shape index (κ1) is 9.79. The summed E-state index contributed by atoms with van der Waals surface area (Å²) in [5, 5.41) is 0. The second-order valence-electron chi connectivity index (χ2n) is 1.84. The molecule has 1 radical (unpaired) electrons. The first-order chi connectivity index (χ1) is 4.41. The third kappa shape index (κ3) is 8.79. The molecule has 0 atom stereocenters. The Hall–Kier alpha value is 0.790. The molecule has 9 heavy (non-hydrogen) atoms. The van der Waals surface area contributed by atoms with Crippen molar-refractivity contribution in [3.05, 3.63) is 0 Å². The standard InChI is InChI=1S/2C3H7O.In/c2*1-2-3-4;/h2*2-3H2,1H3;/q2*-1;+2. The molecular formula is C6H14InO2. The Morgan fingerprint density at radius 1 is 1.00 bits per heavy atom. The minimum atomic E-state index is -1.00. The Bertz CT molecular complexity index is 44.3. The number of rotatable bonds is 6. The topological polar surface area (TPSA) is 18.5 Å². The van der Waals surface area contributed by atoms with Crippen molar-refractivity contribution in [2.45, 2.75) is 26.7 Å². The first-order valence-corrected chi connectivity index (χ1v) is 6.15. The molecule has 0 bridgehead atoms. The Morgan fingerprint density at radius 2 is 1.44 bits per heavy atom. The Kier molecular flexibility index (Phi) is 9.56. The molecule has 0 N–H and O–H groups in total. The minimum absolute atomic E-state index is 0.894. The van der Waals surface area contributed by atoms with Gasteiger partial charge < -0.3 is 0 Å². The van der Waals surface area contributed by atoms with Crippen LogP contribution in [0.3, 0.4) is 0 Å². The fourth-order valence-electron chi connectivity index (χ4n) is 0.380. The van der Waals surface area contributed by atoms with E-state index in [0.29, 0.717) is 0 Å². The van der Waals surface area contributed by atoms with E-state index >= 15 is 0 Å². The average Bonchev–Trinajstić information content (AvgIpc) is 1.89. The summed E-state index contributed by atoms with van der Waals surface area (Å²) in [5.74, 6) is 0. The van der Waals surface area contributed by atoms with Crippen molar-refractivity contribution in [2.75, 3.05) is 13.2 Å². The zero-order valence-electron chi connectivity index (χ0n) is 6.22. The van der Waals surface area contributed by atoms with Crippen molar-refractivity contribution >= 4 is 23.8 Å². The predicted octanol–water partition coefficient (Wildman–Crippen LogP) is 1.37. The maximum absolute atomic E-state index is 5.25. The van der Waals surface area contributed by atoms with Gasteiger partial charge in [0, 0.05) is 0 Å². The van der Waals surface area contributed by atoms with Gasteiger partial charge in [-0.3, -0.25) is 0 Å². The molecule has 0 rings (SSSR count). The van der Waals surface area contributed by atoms with Crippen LogP contribution in [0.2, 0.25) is 0 Å². The van der Waals surface area contributed by atoms with Gasteiger partial charge in [0.1, 0.15) is 0 Å². The molecule has 0 aliphatic heterocycles. The fraction of sp³-hybridized carbons (Fsp3) is 1.00. The number of hydrogen-bond acceptors (Lipinski definition) is 2. The van der Waals surface area contributed by atoms with Gasteiger partial charge in [-0.05, 0) is 0 Å². The van der Waals surface area contributed by atoms with Gasteiger partial charge in [-0.1, -0.05) is 0 Å². The second-order valence-corrected chi connectivity index (χ2v) is 4.29. The summed E-state index contributed by atoms with van der Waals surface area (Å²) in [6.07, 6.45) is 2.22. The van der Waals surface area contributed by atoms with Gasteiger partial charge in [-0.15, -0.1) is 0 Å². The fourth-order valence-corrected chi connectivity index (χ4v) is 2.55. The normalized spacial score (nSPS) is 9.56. The van der Waals surface area contributed by atoms with Crippen molar-refractivity contribution in [2.24, 2.45) is 0 Å². The molecule has 0 amide bonds. The first-order valence-electron chi connectivity index (χ1n) is 3.46. The third-order valence-electron chi connectivity index (χ3n) is 0.780. The van der Waals surface area contributed by atoms with E-state index in [9.17, 15) is 0 Å². The van der Waals surface area contributed by atoms with Crippen LogP contribution in [0.4, 0.5) is 0 Å². The Labute approximate surface area is 69.5 Å². The summed E-state index contributed by atoms with van der Waals surface area (Å²) in [6.45, 7) is 6.01. The summed E-state index contributed by atoms with van der Waals surface area (Å²) in [6, 6.07) is 0. The van der Waals surface area contributed by atoms with Crippen LogP contribution in [0.15, 0.2) is 0 Å². The predicted molar refractivity (Wildman–Crippen MR) is 38.2 cm³/mol. The molecule has 0 saturated carbocycles. The van der Waals surface area contributed by atoms with Crippen LogP contribution in [0.5, 0.6) is 0 Å². The van der Waals surface area contributed by atoms with E-state index in [2.05, 4.69) is 13.8 Å². The number of hydrogen-bond donors (Lipinski definition) is 0. The summed E-state index contributed by atoms with van der Waals surface area (Å²) in [4.78, 5) is 0. The second kappa shape index (κ2) is 8.79. The molecule has 0 unspecified atom stereocenters. The molecule has 0 spiro atoms.